The molecule has 4 aromatic rings. The first kappa shape index (κ1) is 21.0. The van der Waals surface area contributed by atoms with Crippen LogP contribution in [-0.4, -0.2) is 20.6 Å². The van der Waals surface area contributed by atoms with Crippen LogP contribution in [0.25, 0.3) is 16.6 Å². The third kappa shape index (κ3) is 4.02. The second-order valence-corrected chi connectivity index (χ2v) is 8.58. The lowest BCUT2D eigenvalue weighted by Crippen LogP contribution is -2.09. The zero-order valence-electron chi connectivity index (χ0n) is 18.8. The summed E-state index contributed by atoms with van der Waals surface area (Å²) in [6.45, 7) is 2.98. The molecule has 5 rings (SSSR count). The number of para-hydroxylation sites is 2. The highest BCUT2D eigenvalue weighted by Gasteiger charge is 2.19. The monoisotopic (exact) mass is 436 g/mol. The maximum Gasteiger partial charge on any atom is 0.163 e. The lowest BCUT2D eigenvalue weighted by molar-refractivity contribution is 0.319. The number of fused-ring (bicyclic) bond motifs is 3. The average Bonchev–Trinajstić information content (AvgIpc) is 3.10. The van der Waals surface area contributed by atoms with Gasteiger partial charge in [0, 0.05) is 13.0 Å². The number of rotatable bonds is 5. The van der Waals surface area contributed by atoms with Gasteiger partial charge in [-0.25, -0.2) is 4.98 Å². The van der Waals surface area contributed by atoms with E-state index in [0.717, 1.165) is 60.3 Å². The molecular formula is C28H28N4O. The average molecular weight is 437 g/mol. The van der Waals surface area contributed by atoms with Crippen molar-refractivity contribution in [3.8, 4) is 0 Å². The number of nitrogens with two attached hydrogens (primary N) is 1. The number of hydrogen-bond donors (Lipinski definition) is 2. The summed E-state index contributed by atoms with van der Waals surface area (Å²) < 4.78 is 2.35. The molecule has 0 atom stereocenters. The van der Waals surface area contributed by atoms with E-state index in [1.54, 1.807) is 6.08 Å². The summed E-state index contributed by atoms with van der Waals surface area (Å²) in [5.41, 5.74) is 15.2. The first-order valence-corrected chi connectivity index (χ1v) is 11.5. The number of hydrogen-bond acceptors (Lipinski definition) is 3. The van der Waals surface area contributed by atoms with Crippen molar-refractivity contribution in [2.24, 2.45) is 10.9 Å². The molecule has 1 aromatic heterocycles. The highest BCUT2D eigenvalue weighted by Crippen LogP contribution is 2.34. The summed E-state index contributed by atoms with van der Waals surface area (Å²) in [4.78, 5) is 4.89. The molecule has 1 aliphatic rings. The van der Waals surface area contributed by atoms with Crippen molar-refractivity contribution in [3.05, 3.63) is 106 Å². The number of oxime groups is 1. The summed E-state index contributed by atoms with van der Waals surface area (Å²) >= 11 is 0. The molecule has 0 saturated heterocycles. The molecular weight excluding hydrogens is 408 g/mol. The van der Waals surface area contributed by atoms with Gasteiger partial charge < -0.3 is 15.5 Å². The summed E-state index contributed by atoms with van der Waals surface area (Å²) in [5.74, 6) is 1.24. The molecule has 0 bridgehead atoms. The lowest BCUT2D eigenvalue weighted by Gasteiger charge is -2.14. The summed E-state index contributed by atoms with van der Waals surface area (Å²) in [6.07, 6.45) is 5.69. The molecule has 1 heterocycles. The minimum Gasteiger partial charge on any atom is -0.409 e. The topological polar surface area (TPSA) is 76.4 Å². The molecule has 1 aliphatic carbocycles. The van der Waals surface area contributed by atoms with E-state index in [0.29, 0.717) is 0 Å². The van der Waals surface area contributed by atoms with Gasteiger partial charge in [0.1, 0.15) is 5.82 Å². The van der Waals surface area contributed by atoms with E-state index in [9.17, 15) is 5.21 Å². The Hall–Kier alpha value is -3.86. The van der Waals surface area contributed by atoms with Crippen LogP contribution in [0.5, 0.6) is 0 Å². The molecule has 0 fully saturated rings. The summed E-state index contributed by atoms with van der Waals surface area (Å²) in [7, 11) is 0. The molecule has 3 aromatic carbocycles. The zero-order chi connectivity index (χ0) is 22.8. The Labute approximate surface area is 193 Å². The van der Waals surface area contributed by atoms with Crippen molar-refractivity contribution >= 4 is 22.4 Å². The van der Waals surface area contributed by atoms with Gasteiger partial charge >= 0.3 is 0 Å². The number of amidine groups is 1. The molecule has 5 nitrogen and oxygen atoms in total. The Morgan fingerprint density at radius 1 is 1.03 bits per heavy atom. The largest absolute Gasteiger partial charge is 0.409 e. The van der Waals surface area contributed by atoms with Crippen molar-refractivity contribution < 1.29 is 5.21 Å². The van der Waals surface area contributed by atoms with Crippen molar-refractivity contribution in [1.29, 1.82) is 0 Å². The van der Waals surface area contributed by atoms with Crippen LogP contribution in [0.4, 0.5) is 0 Å². The predicted octanol–water partition coefficient (Wildman–Crippen LogP) is 5.31. The number of nitrogens with zero attached hydrogens (tertiary/aromatic N) is 3. The lowest BCUT2D eigenvalue weighted by atomic mass is 9.92. The van der Waals surface area contributed by atoms with Gasteiger partial charge in [-0.3, -0.25) is 0 Å². The van der Waals surface area contributed by atoms with Crippen LogP contribution in [0.15, 0.2) is 78.0 Å². The molecule has 3 N–H and O–H groups in total. The van der Waals surface area contributed by atoms with Gasteiger partial charge in [-0.1, -0.05) is 66.7 Å². The van der Waals surface area contributed by atoms with E-state index >= 15 is 0 Å². The maximum absolute atomic E-state index is 9.19. The fourth-order valence-corrected chi connectivity index (χ4v) is 4.86. The molecule has 166 valence electrons. The van der Waals surface area contributed by atoms with E-state index in [4.69, 9.17) is 10.7 Å². The van der Waals surface area contributed by atoms with E-state index in [1.807, 2.05) is 12.1 Å². The number of benzene rings is 3. The van der Waals surface area contributed by atoms with Gasteiger partial charge in [-0.2, -0.15) is 0 Å². The minimum absolute atomic E-state index is 0.103. The van der Waals surface area contributed by atoms with Crippen LogP contribution in [0, 0.1) is 0 Å². The van der Waals surface area contributed by atoms with Crippen LogP contribution in [0.3, 0.4) is 0 Å². The molecule has 0 amide bonds. The van der Waals surface area contributed by atoms with Crippen LogP contribution in [0.2, 0.25) is 0 Å². The standard InChI is InChI=1S/C28H28N4O/c1-2-7-28-30-25-10-5-6-11-26(25)32(28)18-19-12-15-23-21(16-19)14-13-20-8-3-4-9-22(20)24(23)17-27(29)31-33/h3-6,8-12,15-17,33H,2,7,13-14,18H2,1H3,(H2,29,31)/b24-17+. The van der Waals surface area contributed by atoms with Crippen LogP contribution in [0.1, 0.15) is 47.0 Å². The second-order valence-electron chi connectivity index (χ2n) is 8.58. The van der Waals surface area contributed by atoms with Gasteiger partial charge in [0.05, 0.1) is 11.0 Å². The Kier molecular flexibility index (Phi) is 5.69. The third-order valence-electron chi connectivity index (χ3n) is 6.39. The molecule has 33 heavy (non-hydrogen) atoms. The Balaban J connectivity index is 1.58. The number of aromatic nitrogens is 2. The van der Waals surface area contributed by atoms with E-state index in [1.165, 1.54) is 22.2 Å². The number of imidazole rings is 1. The molecule has 0 saturated carbocycles. The van der Waals surface area contributed by atoms with Gasteiger partial charge in [-0.15, -0.1) is 0 Å². The quantitative estimate of drug-likeness (QED) is 0.193. The highest BCUT2D eigenvalue weighted by atomic mass is 16.4. The zero-order valence-corrected chi connectivity index (χ0v) is 18.8. The van der Waals surface area contributed by atoms with Crippen molar-refractivity contribution in [2.45, 2.75) is 39.2 Å². The highest BCUT2D eigenvalue weighted by molar-refractivity contribution is 6.02. The van der Waals surface area contributed by atoms with Crippen LogP contribution < -0.4 is 5.73 Å². The summed E-state index contributed by atoms with van der Waals surface area (Å²) in [5, 5.41) is 12.4. The fourth-order valence-electron chi connectivity index (χ4n) is 4.86. The van der Waals surface area contributed by atoms with Crippen molar-refractivity contribution in [2.75, 3.05) is 0 Å². The minimum atomic E-state index is 0.103. The normalized spacial score (nSPS) is 14.8. The first-order valence-electron chi connectivity index (χ1n) is 11.5. The fraction of sp³-hybridized carbons (Fsp3) is 0.214. The summed E-state index contributed by atoms with van der Waals surface area (Å²) in [6, 6.07) is 23.4. The Morgan fingerprint density at radius 2 is 1.79 bits per heavy atom. The SMILES string of the molecule is CCCc1nc2ccccc2n1Cc1ccc2c(c1)CCc1ccccc1/C2=C\C(N)=NO. The number of aryl methyl sites for hydroxylation is 3. The maximum atomic E-state index is 9.19. The molecule has 0 aliphatic heterocycles. The van der Waals surface area contributed by atoms with E-state index in [-0.39, 0.29) is 5.84 Å². The van der Waals surface area contributed by atoms with Gasteiger partial charge in [0.2, 0.25) is 0 Å². The van der Waals surface area contributed by atoms with Crippen molar-refractivity contribution in [1.82, 2.24) is 9.55 Å². The molecule has 5 heteroatoms. The van der Waals surface area contributed by atoms with Crippen LogP contribution >= 0.6 is 0 Å². The smallest absolute Gasteiger partial charge is 0.163 e. The van der Waals surface area contributed by atoms with Gasteiger partial charge in [0.25, 0.3) is 0 Å². The van der Waals surface area contributed by atoms with Crippen molar-refractivity contribution in [3.63, 3.8) is 0 Å². The first-order chi connectivity index (χ1) is 16.2. The van der Waals surface area contributed by atoms with E-state index in [2.05, 4.69) is 71.2 Å². The van der Waals surface area contributed by atoms with Gasteiger partial charge in [-0.05, 0) is 70.9 Å². The van der Waals surface area contributed by atoms with E-state index < -0.39 is 0 Å². The van der Waals surface area contributed by atoms with Gasteiger partial charge in [0.15, 0.2) is 5.84 Å². The predicted molar refractivity (Wildman–Crippen MR) is 134 cm³/mol. The molecule has 0 spiro atoms. The van der Waals surface area contributed by atoms with Crippen LogP contribution in [-0.2, 0) is 25.8 Å². The second kappa shape index (κ2) is 8.94. The Morgan fingerprint density at radius 3 is 2.64 bits per heavy atom. The molecule has 0 unspecified atom stereocenters. The Bertz CT molecular complexity index is 1380. The third-order valence-corrected chi connectivity index (χ3v) is 6.39. The molecule has 0 radical (unpaired) electrons.